The first-order valence-corrected chi connectivity index (χ1v) is 5.97. The molecule has 1 heterocycles. The van der Waals surface area contributed by atoms with Crippen LogP contribution in [0.15, 0.2) is 57.7 Å². The molecule has 0 unspecified atom stereocenters. The van der Waals surface area contributed by atoms with Crippen molar-refractivity contribution in [2.24, 2.45) is 0 Å². The van der Waals surface area contributed by atoms with Crippen LogP contribution in [0.4, 0.5) is 0 Å². The van der Waals surface area contributed by atoms with E-state index in [1.165, 1.54) is 6.07 Å². The fourth-order valence-electron chi connectivity index (χ4n) is 2.04. The highest BCUT2D eigenvalue weighted by Crippen LogP contribution is 2.24. The van der Waals surface area contributed by atoms with Crippen LogP contribution in [-0.2, 0) is 0 Å². The molecule has 1 N–H and O–H groups in total. The van der Waals surface area contributed by atoms with Gasteiger partial charge in [0.15, 0.2) is 0 Å². The van der Waals surface area contributed by atoms with Crippen molar-refractivity contribution in [2.45, 2.75) is 6.92 Å². The van der Waals surface area contributed by atoms with Crippen LogP contribution in [0.1, 0.15) is 5.56 Å². The van der Waals surface area contributed by atoms with Crippen LogP contribution in [-0.4, -0.2) is 5.11 Å². The van der Waals surface area contributed by atoms with Gasteiger partial charge < -0.3 is 9.52 Å². The van der Waals surface area contributed by atoms with Gasteiger partial charge in [-0.1, -0.05) is 29.8 Å². The molecule has 94 valence electrons. The predicted octanol–water partition coefficient (Wildman–Crippen LogP) is 3.47. The molecule has 3 heteroatoms. The SMILES string of the molecule is Cc1ccc(-c2cc3cc(O)ccc3c(=O)o2)cc1. The van der Waals surface area contributed by atoms with E-state index in [4.69, 9.17) is 4.42 Å². The van der Waals surface area contributed by atoms with Crippen molar-refractivity contribution in [3.63, 3.8) is 0 Å². The van der Waals surface area contributed by atoms with E-state index in [1.807, 2.05) is 31.2 Å². The molecule has 3 rings (SSSR count). The first-order chi connectivity index (χ1) is 9.13. The van der Waals surface area contributed by atoms with Crippen LogP contribution in [0, 0.1) is 6.92 Å². The molecule has 0 spiro atoms. The topological polar surface area (TPSA) is 50.4 Å². The quantitative estimate of drug-likeness (QED) is 0.721. The molecule has 1 aromatic heterocycles. The lowest BCUT2D eigenvalue weighted by Crippen LogP contribution is -1.99. The minimum Gasteiger partial charge on any atom is -0.508 e. The van der Waals surface area contributed by atoms with E-state index in [2.05, 4.69) is 0 Å². The summed E-state index contributed by atoms with van der Waals surface area (Å²) in [6, 6.07) is 14.1. The smallest absolute Gasteiger partial charge is 0.344 e. The van der Waals surface area contributed by atoms with Crippen LogP contribution in [0.2, 0.25) is 0 Å². The summed E-state index contributed by atoms with van der Waals surface area (Å²) in [6.07, 6.45) is 0. The number of aromatic hydroxyl groups is 1. The molecule has 0 radical (unpaired) electrons. The second-order valence-electron chi connectivity index (χ2n) is 4.54. The molecular weight excluding hydrogens is 240 g/mol. The maximum Gasteiger partial charge on any atom is 0.344 e. The molecule has 0 atom stereocenters. The Labute approximate surface area is 109 Å². The zero-order chi connectivity index (χ0) is 13.4. The number of hydrogen-bond acceptors (Lipinski definition) is 3. The summed E-state index contributed by atoms with van der Waals surface area (Å²) in [7, 11) is 0. The average Bonchev–Trinajstić information content (AvgIpc) is 2.38. The number of phenols is 1. The first kappa shape index (κ1) is 11.5. The van der Waals surface area contributed by atoms with Crippen molar-refractivity contribution >= 4 is 10.8 Å². The van der Waals surface area contributed by atoms with Crippen LogP contribution in [0.3, 0.4) is 0 Å². The Morgan fingerprint density at radius 1 is 1.00 bits per heavy atom. The summed E-state index contributed by atoms with van der Waals surface area (Å²) in [5.41, 5.74) is 1.59. The van der Waals surface area contributed by atoms with Crippen molar-refractivity contribution in [3.8, 4) is 17.1 Å². The standard InChI is InChI=1S/C16H12O3/c1-10-2-4-11(5-3-10)15-9-12-8-13(17)6-7-14(12)16(18)19-15/h2-9,17H,1H3. The van der Waals surface area contributed by atoms with Gasteiger partial charge in [-0.2, -0.15) is 0 Å². The molecule has 19 heavy (non-hydrogen) atoms. The Hall–Kier alpha value is -2.55. The average molecular weight is 252 g/mol. The van der Waals surface area contributed by atoms with E-state index in [1.54, 1.807) is 18.2 Å². The van der Waals surface area contributed by atoms with Gasteiger partial charge in [-0.15, -0.1) is 0 Å². The minimum atomic E-state index is -0.395. The lowest BCUT2D eigenvalue weighted by Gasteiger charge is -2.03. The number of hydrogen-bond donors (Lipinski definition) is 1. The van der Waals surface area contributed by atoms with Crippen molar-refractivity contribution in [3.05, 3.63) is 64.5 Å². The first-order valence-electron chi connectivity index (χ1n) is 5.97. The highest BCUT2D eigenvalue weighted by atomic mass is 16.4. The van der Waals surface area contributed by atoms with Gasteiger partial charge in [-0.25, -0.2) is 4.79 Å². The van der Waals surface area contributed by atoms with Gasteiger partial charge in [-0.3, -0.25) is 0 Å². The summed E-state index contributed by atoms with van der Waals surface area (Å²) in [5, 5.41) is 10.6. The van der Waals surface area contributed by atoms with Gasteiger partial charge >= 0.3 is 5.63 Å². The fraction of sp³-hybridized carbons (Fsp3) is 0.0625. The predicted molar refractivity (Wildman–Crippen MR) is 74.3 cm³/mol. The highest BCUT2D eigenvalue weighted by molar-refractivity contribution is 5.85. The largest absolute Gasteiger partial charge is 0.508 e. The Bertz CT molecular complexity index is 798. The van der Waals surface area contributed by atoms with Crippen LogP contribution in [0.25, 0.3) is 22.1 Å². The molecule has 0 amide bonds. The molecule has 0 aliphatic heterocycles. The van der Waals surface area contributed by atoms with Crippen molar-refractivity contribution in [1.82, 2.24) is 0 Å². The van der Waals surface area contributed by atoms with Gasteiger partial charge in [-0.05, 0) is 36.6 Å². The number of benzene rings is 2. The van der Waals surface area contributed by atoms with Crippen LogP contribution < -0.4 is 5.63 Å². The van der Waals surface area contributed by atoms with E-state index >= 15 is 0 Å². The van der Waals surface area contributed by atoms with E-state index in [0.717, 1.165) is 11.1 Å². The van der Waals surface area contributed by atoms with Crippen molar-refractivity contribution < 1.29 is 9.52 Å². The maximum absolute atomic E-state index is 11.9. The zero-order valence-corrected chi connectivity index (χ0v) is 10.4. The number of rotatable bonds is 1. The van der Waals surface area contributed by atoms with Gasteiger partial charge in [0.25, 0.3) is 0 Å². The van der Waals surface area contributed by atoms with E-state index in [-0.39, 0.29) is 5.75 Å². The lowest BCUT2D eigenvalue weighted by molar-refractivity contribution is 0.476. The summed E-state index contributed by atoms with van der Waals surface area (Å²) >= 11 is 0. The monoisotopic (exact) mass is 252 g/mol. The fourth-order valence-corrected chi connectivity index (χ4v) is 2.04. The molecule has 3 nitrogen and oxygen atoms in total. The molecule has 0 saturated carbocycles. The third-order valence-corrected chi connectivity index (χ3v) is 3.08. The van der Waals surface area contributed by atoms with E-state index < -0.39 is 5.63 Å². The van der Waals surface area contributed by atoms with Gasteiger partial charge in [0.05, 0.1) is 5.39 Å². The van der Waals surface area contributed by atoms with Gasteiger partial charge in [0.2, 0.25) is 0 Å². The summed E-state index contributed by atoms with van der Waals surface area (Å²) < 4.78 is 5.32. The molecular formula is C16H12O3. The Balaban J connectivity index is 2.25. The highest BCUT2D eigenvalue weighted by Gasteiger charge is 2.07. The van der Waals surface area contributed by atoms with Gasteiger partial charge in [0.1, 0.15) is 11.5 Å². The summed E-state index contributed by atoms with van der Waals surface area (Å²) in [4.78, 5) is 11.9. The summed E-state index contributed by atoms with van der Waals surface area (Å²) in [5.74, 6) is 0.635. The summed E-state index contributed by atoms with van der Waals surface area (Å²) in [6.45, 7) is 2.00. The minimum absolute atomic E-state index is 0.132. The number of fused-ring (bicyclic) bond motifs is 1. The molecule has 0 aliphatic carbocycles. The molecule has 0 fully saturated rings. The maximum atomic E-state index is 11.9. The Kier molecular flexibility index (Phi) is 2.60. The third-order valence-electron chi connectivity index (χ3n) is 3.08. The van der Waals surface area contributed by atoms with Gasteiger partial charge in [0, 0.05) is 5.56 Å². The van der Waals surface area contributed by atoms with Crippen LogP contribution in [0.5, 0.6) is 5.75 Å². The van der Waals surface area contributed by atoms with Crippen LogP contribution >= 0.6 is 0 Å². The van der Waals surface area contributed by atoms with Crippen molar-refractivity contribution in [1.29, 1.82) is 0 Å². The number of aryl methyl sites for hydroxylation is 1. The molecule has 0 saturated heterocycles. The molecule has 0 bridgehead atoms. The van der Waals surface area contributed by atoms with Crippen molar-refractivity contribution in [2.75, 3.05) is 0 Å². The van der Waals surface area contributed by atoms with E-state index in [0.29, 0.717) is 16.5 Å². The normalized spacial score (nSPS) is 10.8. The molecule has 2 aromatic carbocycles. The van der Waals surface area contributed by atoms with E-state index in [9.17, 15) is 9.90 Å². The second kappa shape index (κ2) is 4.28. The zero-order valence-electron chi connectivity index (χ0n) is 10.4. The third kappa shape index (κ3) is 2.10. The Morgan fingerprint density at radius 3 is 2.47 bits per heavy atom. The molecule has 0 aliphatic rings. The lowest BCUT2D eigenvalue weighted by atomic mass is 10.1. The molecule has 3 aromatic rings. The number of phenolic OH excluding ortho intramolecular Hbond substituents is 1. The Morgan fingerprint density at radius 2 is 1.74 bits per heavy atom. The second-order valence-corrected chi connectivity index (χ2v) is 4.54.